The van der Waals surface area contributed by atoms with E-state index < -0.39 is 13.1 Å². The lowest BCUT2D eigenvalue weighted by atomic mass is 9.81. The van der Waals surface area contributed by atoms with Crippen LogP contribution in [0.2, 0.25) is 11.8 Å². The van der Waals surface area contributed by atoms with Gasteiger partial charge in [0.1, 0.15) is 12.4 Å². The highest BCUT2D eigenvalue weighted by Gasteiger charge is 2.42. The number of aromatic nitrogens is 3. The second kappa shape index (κ2) is 11.5. The predicted octanol–water partition coefficient (Wildman–Crippen LogP) is 3.26. The minimum atomic E-state index is -0.723. The first-order valence-corrected chi connectivity index (χ1v) is 14.6. The van der Waals surface area contributed by atoms with Crippen molar-refractivity contribution in [3.63, 3.8) is 0 Å². The van der Waals surface area contributed by atoms with Crippen LogP contribution in [0.25, 0.3) is 0 Å². The third kappa shape index (κ3) is 5.50. The van der Waals surface area contributed by atoms with Gasteiger partial charge in [-0.2, -0.15) is 0 Å². The highest BCUT2D eigenvalue weighted by Crippen LogP contribution is 2.40. The second-order valence-electron chi connectivity index (χ2n) is 11.3. The van der Waals surface area contributed by atoms with Crippen molar-refractivity contribution in [1.82, 2.24) is 29.1 Å². The summed E-state index contributed by atoms with van der Waals surface area (Å²) >= 11 is 6.34. The summed E-state index contributed by atoms with van der Waals surface area (Å²) in [5, 5.41) is 11.3. The van der Waals surface area contributed by atoms with Crippen molar-refractivity contribution in [3.8, 4) is 5.75 Å². The number of ether oxygens (including phenoxy) is 1. The third-order valence-corrected chi connectivity index (χ3v) is 8.72. The standard InChI is InChI=1S/C29H36BClN6O3/c1-20-14-34(19-33-20)15-21-5-4-10-36(16-21)29(38)25-17-35(11-12-37(25)30(2)39)28-24-8-7-23(31)13-26(24)40-18-22-6-3-9-32-27(22)28/h3,6-9,13-14,19,21,25,28,39H,4-5,10-12,15-18H2,1-2H3/t21-,25-,28+/m0/s1. The number of piperazine rings is 1. The van der Waals surface area contributed by atoms with Gasteiger partial charge >= 0.3 is 7.05 Å². The fourth-order valence-corrected chi connectivity index (χ4v) is 6.73. The fraction of sp³-hybridized carbons (Fsp3) is 0.483. The molecule has 3 aliphatic rings. The number of carbonyl (C=O) groups excluding carboxylic acids is 1. The molecule has 0 spiro atoms. The van der Waals surface area contributed by atoms with E-state index in [9.17, 15) is 9.82 Å². The summed E-state index contributed by atoms with van der Waals surface area (Å²) in [4.78, 5) is 29.6. The maximum Gasteiger partial charge on any atom is 0.377 e. The first kappa shape index (κ1) is 27.3. The molecule has 1 N–H and O–H groups in total. The molecule has 6 rings (SSSR count). The Kier molecular flexibility index (Phi) is 7.85. The lowest BCUT2D eigenvalue weighted by molar-refractivity contribution is -0.139. The summed E-state index contributed by atoms with van der Waals surface area (Å²) in [6, 6.07) is 9.09. The van der Waals surface area contributed by atoms with Gasteiger partial charge in [-0.25, -0.2) is 4.98 Å². The van der Waals surface area contributed by atoms with Gasteiger partial charge in [-0.3, -0.25) is 14.7 Å². The predicted molar refractivity (Wildman–Crippen MR) is 154 cm³/mol. The van der Waals surface area contributed by atoms with Gasteiger partial charge in [0.15, 0.2) is 0 Å². The molecule has 1 aromatic carbocycles. The maximum atomic E-state index is 14.2. The molecule has 0 bridgehead atoms. The SMILES string of the molecule is CB(O)N1CCN([C@@H]2c3ccc(Cl)cc3OCc3cccnc32)C[C@H]1C(=O)N1CCC[C@@H](Cn2cnc(C)c2)C1. The summed E-state index contributed by atoms with van der Waals surface area (Å²) in [6.07, 6.45) is 7.80. The van der Waals surface area contributed by atoms with Crippen molar-refractivity contribution in [2.24, 2.45) is 5.92 Å². The van der Waals surface area contributed by atoms with Crippen LogP contribution in [0.15, 0.2) is 49.1 Å². The van der Waals surface area contributed by atoms with E-state index in [1.807, 2.05) is 59.5 Å². The molecule has 11 heteroatoms. The lowest BCUT2D eigenvalue weighted by Gasteiger charge is -2.46. The van der Waals surface area contributed by atoms with Crippen LogP contribution in [-0.4, -0.2) is 85.9 Å². The molecule has 3 atom stereocenters. The average Bonchev–Trinajstić information content (AvgIpc) is 3.29. The molecule has 3 aliphatic heterocycles. The lowest BCUT2D eigenvalue weighted by Crippen LogP contribution is -2.64. The summed E-state index contributed by atoms with van der Waals surface area (Å²) < 4.78 is 8.31. The molecule has 0 unspecified atom stereocenters. The first-order chi connectivity index (χ1) is 19.4. The number of nitrogens with zero attached hydrogens (tertiary/aromatic N) is 6. The number of benzene rings is 1. The van der Waals surface area contributed by atoms with Gasteiger partial charge in [0, 0.05) is 67.8 Å². The normalized spacial score (nSPS) is 23.6. The van der Waals surface area contributed by atoms with Crippen molar-refractivity contribution >= 4 is 24.6 Å². The van der Waals surface area contributed by atoms with Crippen molar-refractivity contribution in [1.29, 1.82) is 0 Å². The summed E-state index contributed by atoms with van der Waals surface area (Å²) in [6.45, 7) is 8.20. The number of hydrogen-bond donors (Lipinski definition) is 1. The van der Waals surface area contributed by atoms with Crippen molar-refractivity contribution in [2.75, 3.05) is 32.7 Å². The first-order valence-electron chi connectivity index (χ1n) is 14.2. The van der Waals surface area contributed by atoms with E-state index in [1.54, 1.807) is 6.82 Å². The molecule has 0 aliphatic carbocycles. The van der Waals surface area contributed by atoms with Gasteiger partial charge in [-0.15, -0.1) is 0 Å². The van der Waals surface area contributed by atoms with Crippen molar-refractivity contribution < 1.29 is 14.6 Å². The van der Waals surface area contributed by atoms with Gasteiger partial charge in [0.2, 0.25) is 5.91 Å². The van der Waals surface area contributed by atoms with Crippen LogP contribution in [0.5, 0.6) is 5.75 Å². The number of halogens is 1. The Morgan fingerprint density at radius 1 is 1.20 bits per heavy atom. The zero-order valence-electron chi connectivity index (χ0n) is 23.1. The second-order valence-corrected chi connectivity index (χ2v) is 11.7. The molecule has 3 aromatic rings. The molecular weight excluding hydrogens is 527 g/mol. The van der Waals surface area contributed by atoms with Crippen molar-refractivity contribution in [2.45, 2.75) is 51.8 Å². The largest absolute Gasteiger partial charge is 0.488 e. The fourth-order valence-electron chi connectivity index (χ4n) is 6.57. The van der Waals surface area contributed by atoms with Gasteiger partial charge in [0.25, 0.3) is 0 Å². The minimum absolute atomic E-state index is 0.0829. The monoisotopic (exact) mass is 562 g/mol. The topological polar surface area (TPSA) is 87.0 Å². The Labute approximate surface area is 240 Å². The van der Waals surface area contributed by atoms with E-state index in [1.165, 1.54) is 0 Å². The number of fused-ring (bicyclic) bond motifs is 2. The molecule has 2 saturated heterocycles. The molecule has 5 heterocycles. The zero-order chi connectivity index (χ0) is 27.8. The molecule has 210 valence electrons. The summed E-state index contributed by atoms with van der Waals surface area (Å²) in [7, 11) is -0.723. The van der Waals surface area contributed by atoms with Crippen LogP contribution in [0, 0.1) is 12.8 Å². The number of rotatable bonds is 5. The van der Waals surface area contributed by atoms with Crippen LogP contribution < -0.4 is 4.74 Å². The third-order valence-electron chi connectivity index (χ3n) is 8.48. The van der Waals surface area contributed by atoms with E-state index in [-0.39, 0.29) is 11.9 Å². The van der Waals surface area contributed by atoms with Crippen molar-refractivity contribution in [3.05, 3.63) is 76.6 Å². The quantitative estimate of drug-likeness (QED) is 0.478. The number of piperidine rings is 1. The number of carbonyl (C=O) groups is 1. The van der Waals surface area contributed by atoms with Gasteiger partial charge < -0.3 is 24.0 Å². The number of hydrogen-bond acceptors (Lipinski definition) is 7. The molecule has 40 heavy (non-hydrogen) atoms. The number of amides is 1. The van der Waals surface area contributed by atoms with E-state index in [2.05, 4.69) is 20.6 Å². The smallest absolute Gasteiger partial charge is 0.377 e. The molecule has 0 saturated carbocycles. The van der Waals surface area contributed by atoms with Crippen LogP contribution in [0.4, 0.5) is 0 Å². The molecule has 2 aromatic heterocycles. The maximum absolute atomic E-state index is 14.2. The minimum Gasteiger partial charge on any atom is -0.488 e. The van der Waals surface area contributed by atoms with Crippen LogP contribution in [-0.2, 0) is 17.9 Å². The number of pyridine rings is 1. The number of imidazole rings is 1. The molecule has 0 radical (unpaired) electrons. The number of likely N-dealkylation sites (tertiary alicyclic amines) is 1. The Bertz CT molecular complexity index is 1370. The molecule has 2 fully saturated rings. The van der Waals surface area contributed by atoms with E-state index in [0.29, 0.717) is 43.7 Å². The Balaban J connectivity index is 1.27. The Morgan fingerprint density at radius 3 is 2.88 bits per heavy atom. The van der Waals surface area contributed by atoms with Crippen LogP contribution in [0.1, 0.15) is 41.4 Å². The highest BCUT2D eigenvalue weighted by atomic mass is 35.5. The summed E-state index contributed by atoms with van der Waals surface area (Å²) in [5.41, 5.74) is 3.96. The Hall–Kier alpha value is -2.92. The molecule has 9 nitrogen and oxygen atoms in total. The van der Waals surface area contributed by atoms with E-state index >= 15 is 0 Å². The molecular formula is C29H36BClN6O3. The Morgan fingerprint density at radius 2 is 2.08 bits per heavy atom. The van der Waals surface area contributed by atoms with Gasteiger partial charge in [0.05, 0.1) is 29.8 Å². The van der Waals surface area contributed by atoms with E-state index in [0.717, 1.165) is 54.2 Å². The van der Waals surface area contributed by atoms with Crippen LogP contribution >= 0.6 is 11.6 Å². The van der Waals surface area contributed by atoms with Crippen LogP contribution in [0.3, 0.4) is 0 Å². The summed E-state index contributed by atoms with van der Waals surface area (Å²) in [5.74, 6) is 1.20. The number of aryl methyl sites for hydroxylation is 1. The van der Waals surface area contributed by atoms with Gasteiger partial charge in [-0.05, 0) is 50.7 Å². The van der Waals surface area contributed by atoms with Gasteiger partial charge in [-0.1, -0.05) is 23.7 Å². The zero-order valence-corrected chi connectivity index (χ0v) is 23.9. The molecule has 1 amide bonds. The highest BCUT2D eigenvalue weighted by molar-refractivity contribution is 6.45. The average molecular weight is 563 g/mol. The van der Waals surface area contributed by atoms with E-state index in [4.69, 9.17) is 21.3 Å².